The molecule has 0 amide bonds. The molecule has 6 heteroatoms. The quantitative estimate of drug-likeness (QED) is 0.393. The summed E-state index contributed by atoms with van der Waals surface area (Å²) < 4.78 is 5.38. The van der Waals surface area contributed by atoms with E-state index < -0.39 is 0 Å². The van der Waals surface area contributed by atoms with Gasteiger partial charge in [0.25, 0.3) is 0 Å². The van der Waals surface area contributed by atoms with E-state index in [1.807, 2.05) is 0 Å². The van der Waals surface area contributed by atoms with Gasteiger partial charge in [0.2, 0.25) is 0 Å². The molecule has 20 heavy (non-hydrogen) atoms. The number of rotatable bonds is 4. The molecule has 2 heterocycles. The first kappa shape index (κ1) is 15.9. The largest absolute Gasteiger partial charge is 0.370 e. The lowest BCUT2D eigenvalue weighted by Crippen LogP contribution is -3.14. The Morgan fingerprint density at radius 1 is 1.20 bits per heavy atom. The van der Waals surface area contributed by atoms with Crippen molar-refractivity contribution in [3.63, 3.8) is 0 Å². The van der Waals surface area contributed by atoms with Crippen LogP contribution >= 0.6 is 12.2 Å². The van der Waals surface area contributed by atoms with Crippen LogP contribution in [0.2, 0.25) is 0 Å². The Balaban J connectivity index is 1.57. The zero-order valence-electron chi connectivity index (χ0n) is 12.7. The molecule has 0 spiro atoms. The molecule has 0 aromatic heterocycles. The highest BCUT2D eigenvalue weighted by molar-refractivity contribution is 7.80. The van der Waals surface area contributed by atoms with Crippen molar-refractivity contribution in [2.75, 3.05) is 72.6 Å². The monoisotopic (exact) mass is 302 g/mol. The van der Waals surface area contributed by atoms with E-state index in [0.29, 0.717) is 0 Å². The first-order valence-electron chi connectivity index (χ1n) is 8.01. The Labute approximate surface area is 128 Å². The van der Waals surface area contributed by atoms with E-state index in [1.54, 1.807) is 9.80 Å². The average Bonchev–Trinajstić information content (AvgIpc) is 2.69. The maximum absolute atomic E-state index is 5.52. The fraction of sp³-hybridized carbons (Fsp3) is 0.929. The molecule has 0 aromatic carbocycles. The molecule has 5 nitrogen and oxygen atoms in total. The van der Waals surface area contributed by atoms with Crippen LogP contribution in [0.25, 0.3) is 0 Å². The summed E-state index contributed by atoms with van der Waals surface area (Å²) in [6.45, 7) is 11.0. The fourth-order valence-corrected chi connectivity index (χ4v) is 3.18. The number of quaternary nitrogens is 2. The standard InChI is InChI=1S/C14H28N4OS/c1-16-5-3-7-18(9-8-16)14(20)15-4-2-6-17-10-12-19-13-11-17/h2-13H2,1H3,(H,15,20)/p+2. The van der Waals surface area contributed by atoms with E-state index in [1.165, 1.54) is 32.5 Å². The summed E-state index contributed by atoms with van der Waals surface area (Å²) >= 11 is 5.52. The summed E-state index contributed by atoms with van der Waals surface area (Å²) in [6.07, 6.45) is 2.43. The maximum Gasteiger partial charge on any atom is 0.169 e. The number of likely N-dealkylation sites (N-methyl/N-ethyl adjacent to an activating group) is 1. The van der Waals surface area contributed by atoms with E-state index in [9.17, 15) is 0 Å². The number of nitrogens with zero attached hydrogens (tertiary/aromatic N) is 1. The van der Waals surface area contributed by atoms with Crippen molar-refractivity contribution >= 4 is 17.3 Å². The zero-order valence-corrected chi connectivity index (χ0v) is 13.6. The number of hydrogen-bond donors (Lipinski definition) is 3. The summed E-state index contributed by atoms with van der Waals surface area (Å²) in [4.78, 5) is 5.63. The van der Waals surface area contributed by atoms with Crippen LogP contribution in [-0.4, -0.2) is 82.6 Å². The summed E-state index contributed by atoms with van der Waals surface area (Å²) in [5.74, 6) is 0. The second-order valence-electron chi connectivity index (χ2n) is 6.00. The first-order chi connectivity index (χ1) is 9.75. The Bertz CT molecular complexity index is 297. The summed E-state index contributed by atoms with van der Waals surface area (Å²) in [5, 5.41) is 4.39. The third-order valence-electron chi connectivity index (χ3n) is 4.31. The van der Waals surface area contributed by atoms with Gasteiger partial charge in [-0.15, -0.1) is 0 Å². The first-order valence-corrected chi connectivity index (χ1v) is 8.42. The van der Waals surface area contributed by atoms with E-state index >= 15 is 0 Å². The van der Waals surface area contributed by atoms with Crippen LogP contribution in [-0.2, 0) is 4.74 Å². The van der Waals surface area contributed by atoms with Gasteiger partial charge in [0.1, 0.15) is 13.1 Å². The lowest BCUT2D eigenvalue weighted by molar-refractivity contribution is -0.908. The molecule has 3 N–H and O–H groups in total. The lowest BCUT2D eigenvalue weighted by Gasteiger charge is -2.25. The van der Waals surface area contributed by atoms with E-state index in [0.717, 1.165) is 51.0 Å². The molecule has 0 radical (unpaired) electrons. The van der Waals surface area contributed by atoms with Gasteiger partial charge in [-0.05, 0) is 12.2 Å². The third-order valence-corrected chi connectivity index (χ3v) is 4.71. The third kappa shape index (κ3) is 5.52. The van der Waals surface area contributed by atoms with Crippen LogP contribution in [0, 0.1) is 0 Å². The Morgan fingerprint density at radius 2 is 2.00 bits per heavy atom. The molecule has 2 fully saturated rings. The fourth-order valence-electron chi connectivity index (χ4n) is 2.89. The van der Waals surface area contributed by atoms with Gasteiger partial charge in [-0.1, -0.05) is 0 Å². The van der Waals surface area contributed by atoms with Gasteiger partial charge in [0.15, 0.2) is 5.11 Å². The molecule has 2 aliphatic rings. The normalized spacial score (nSPS) is 25.2. The van der Waals surface area contributed by atoms with E-state index in [4.69, 9.17) is 17.0 Å². The number of hydrogen-bond acceptors (Lipinski definition) is 2. The predicted molar refractivity (Wildman–Crippen MR) is 84.4 cm³/mol. The Hall–Kier alpha value is -0.430. The molecule has 1 unspecified atom stereocenters. The number of thiocarbonyl (C=S) groups is 1. The van der Waals surface area contributed by atoms with Crippen LogP contribution in [0.5, 0.6) is 0 Å². The van der Waals surface area contributed by atoms with Crippen LogP contribution in [0.1, 0.15) is 12.8 Å². The van der Waals surface area contributed by atoms with Crippen molar-refractivity contribution in [2.24, 2.45) is 0 Å². The van der Waals surface area contributed by atoms with Gasteiger partial charge in [0, 0.05) is 25.9 Å². The van der Waals surface area contributed by atoms with E-state index in [-0.39, 0.29) is 0 Å². The van der Waals surface area contributed by atoms with Gasteiger partial charge in [-0.3, -0.25) is 0 Å². The molecule has 2 aliphatic heterocycles. The summed E-state index contributed by atoms with van der Waals surface area (Å²) in [5.41, 5.74) is 0. The number of morpholine rings is 1. The molecule has 0 saturated carbocycles. The molecular formula is C14H30N4OS+2. The van der Waals surface area contributed by atoms with Crippen LogP contribution in [0.3, 0.4) is 0 Å². The van der Waals surface area contributed by atoms with Crippen molar-refractivity contribution in [2.45, 2.75) is 12.8 Å². The van der Waals surface area contributed by atoms with Crippen molar-refractivity contribution in [1.82, 2.24) is 10.2 Å². The number of nitrogens with one attached hydrogen (secondary N) is 3. The lowest BCUT2D eigenvalue weighted by atomic mass is 10.3. The van der Waals surface area contributed by atoms with E-state index in [2.05, 4.69) is 17.3 Å². The molecule has 0 aromatic rings. The molecule has 0 bridgehead atoms. The predicted octanol–water partition coefficient (Wildman–Crippen LogP) is -2.61. The SMILES string of the molecule is C[NH+]1CCCN(C(=S)NCCC[NH+]2CCOCC2)CC1. The minimum Gasteiger partial charge on any atom is -0.370 e. The molecule has 1 atom stereocenters. The van der Waals surface area contributed by atoms with Crippen molar-refractivity contribution in [3.05, 3.63) is 0 Å². The maximum atomic E-state index is 5.52. The van der Waals surface area contributed by atoms with Crippen LogP contribution < -0.4 is 15.1 Å². The smallest absolute Gasteiger partial charge is 0.169 e. The average molecular weight is 302 g/mol. The molecule has 116 valence electrons. The summed E-state index contributed by atoms with van der Waals surface area (Å²) in [7, 11) is 2.27. The minimum absolute atomic E-state index is 0.921. The second-order valence-corrected chi connectivity index (χ2v) is 6.38. The van der Waals surface area contributed by atoms with Gasteiger partial charge in [-0.25, -0.2) is 0 Å². The molecular weight excluding hydrogens is 272 g/mol. The second kappa shape index (κ2) is 8.77. The highest BCUT2D eigenvalue weighted by atomic mass is 32.1. The van der Waals surface area contributed by atoms with Gasteiger partial charge >= 0.3 is 0 Å². The van der Waals surface area contributed by atoms with Gasteiger partial charge in [-0.2, -0.15) is 0 Å². The topological polar surface area (TPSA) is 33.4 Å². The van der Waals surface area contributed by atoms with Crippen LogP contribution in [0.4, 0.5) is 0 Å². The minimum atomic E-state index is 0.921. The van der Waals surface area contributed by atoms with Crippen molar-refractivity contribution in [3.8, 4) is 0 Å². The van der Waals surface area contributed by atoms with Crippen molar-refractivity contribution in [1.29, 1.82) is 0 Å². The zero-order chi connectivity index (χ0) is 14.2. The van der Waals surface area contributed by atoms with Gasteiger partial charge in [0.05, 0.1) is 46.4 Å². The van der Waals surface area contributed by atoms with Crippen LogP contribution in [0.15, 0.2) is 0 Å². The Morgan fingerprint density at radius 3 is 2.80 bits per heavy atom. The molecule has 2 rings (SSSR count). The highest BCUT2D eigenvalue weighted by Crippen LogP contribution is 1.94. The highest BCUT2D eigenvalue weighted by Gasteiger charge is 2.17. The van der Waals surface area contributed by atoms with Crippen molar-refractivity contribution < 1.29 is 14.5 Å². The molecule has 2 saturated heterocycles. The summed E-state index contributed by atoms with van der Waals surface area (Å²) in [6, 6.07) is 0. The van der Waals surface area contributed by atoms with Gasteiger partial charge < -0.3 is 24.8 Å². The Kier molecular flexibility index (Phi) is 6.99. The number of ether oxygens (including phenoxy) is 1. The molecule has 0 aliphatic carbocycles.